The van der Waals surface area contributed by atoms with E-state index in [0.717, 1.165) is 31.3 Å². The number of hydrogen-bond acceptors (Lipinski definition) is 3. The number of aliphatic imine (C=N–C) groups is 1. The van der Waals surface area contributed by atoms with Gasteiger partial charge in [-0.1, -0.05) is 24.1 Å². The molecule has 2 rings (SSSR count). The number of nitrogens with one attached hydrogen (secondary N) is 2. The van der Waals surface area contributed by atoms with E-state index >= 15 is 0 Å². The molecule has 1 atom stereocenters. The number of rotatable bonds is 9. The standard InChI is InChI=1S/C20H33N3O2/c1-16-6-8-18(9-7-16)25-17(2)14-22-19(21-3)23-15-20(10-5-11-20)12-13-24-4/h6-9,17H,5,10-15H2,1-4H3,(H2,21,22,23). The Labute approximate surface area is 152 Å². The van der Waals surface area contributed by atoms with Gasteiger partial charge in [-0.25, -0.2) is 0 Å². The van der Waals surface area contributed by atoms with E-state index in [9.17, 15) is 0 Å². The first-order valence-corrected chi connectivity index (χ1v) is 9.24. The number of aryl methyl sites for hydroxylation is 1. The van der Waals surface area contributed by atoms with Crippen LogP contribution >= 0.6 is 0 Å². The molecule has 0 amide bonds. The molecule has 5 nitrogen and oxygen atoms in total. The summed E-state index contributed by atoms with van der Waals surface area (Å²) in [5.74, 6) is 1.74. The molecule has 1 aromatic carbocycles. The van der Waals surface area contributed by atoms with E-state index in [4.69, 9.17) is 9.47 Å². The smallest absolute Gasteiger partial charge is 0.191 e. The van der Waals surface area contributed by atoms with E-state index in [-0.39, 0.29) is 6.10 Å². The van der Waals surface area contributed by atoms with Crippen molar-refractivity contribution in [2.45, 2.75) is 45.6 Å². The number of methoxy groups -OCH3 is 1. The number of hydrogen-bond donors (Lipinski definition) is 2. The predicted octanol–water partition coefficient (Wildman–Crippen LogP) is 3.13. The molecule has 5 heteroatoms. The second-order valence-electron chi connectivity index (χ2n) is 7.14. The lowest BCUT2D eigenvalue weighted by atomic mass is 9.67. The third kappa shape index (κ3) is 6.24. The molecular formula is C20H33N3O2. The van der Waals surface area contributed by atoms with Crippen LogP contribution in [0.3, 0.4) is 0 Å². The average Bonchev–Trinajstić information content (AvgIpc) is 2.58. The second kappa shape index (κ2) is 9.66. The minimum absolute atomic E-state index is 0.0624. The van der Waals surface area contributed by atoms with Crippen LogP contribution in [-0.4, -0.2) is 45.9 Å². The van der Waals surface area contributed by atoms with E-state index in [2.05, 4.69) is 41.6 Å². The van der Waals surface area contributed by atoms with Gasteiger partial charge in [0.1, 0.15) is 11.9 Å². The molecule has 0 aromatic heterocycles. The number of guanidine groups is 1. The van der Waals surface area contributed by atoms with Crippen molar-refractivity contribution >= 4 is 5.96 Å². The van der Waals surface area contributed by atoms with Gasteiger partial charge in [0.05, 0.1) is 6.54 Å². The SMILES string of the molecule is CN=C(NCC(C)Oc1ccc(C)cc1)NCC1(CCOC)CCC1. The minimum atomic E-state index is 0.0624. The average molecular weight is 348 g/mol. The summed E-state index contributed by atoms with van der Waals surface area (Å²) in [4.78, 5) is 4.33. The Hall–Kier alpha value is -1.75. The predicted molar refractivity (Wildman–Crippen MR) is 103 cm³/mol. The number of benzene rings is 1. The zero-order valence-electron chi connectivity index (χ0n) is 16.1. The summed E-state index contributed by atoms with van der Waals surface area (Å²) in [5, 5.41) is 6.84. The Balaban J connectivity index is 1.73. The van der Waals surface area contributed by atoms with Crippen molar-refractivity contribution in [1.82, 2.24) is 10.6 Å². The Morgan fingerprint density at radius 1 is 1.24 bits per heavy atom. The quantitative estimate of drug-likeness (QED) is 0.532. The van der Waals surface area contributed by atoms with Crippen molar-refractivity contribution in [1.29, 1.82) is 0 Å². The van der Waals surface area contributed by atoms with Gasteiger partial charge < -0.3 is 20.1 Å². The Morgan fingerprint density at radius 3 is 2.52 bits per heavy atom. The molecule has 0 bridgehead atoms. The molecule has 0 radical (unpaired) electrons. The first-order valence-electron chi connectivity index (χ1n) is 9.24. The zero-order chi connectivity index (χ0) is 18.1. The van der Waals surface area contributed by atoms with E-state index in [1.165, 1.54) is 24.8 Å². The molecule has 0 spiro atoms. The highest BCUT2D eigenvalue weighted by molar-refractivity contribution is 5.79. The summed E-state index contributed by atoms with van der Waals surface area (Å²) in [6, 6.07) is 8.15. The van der Waals surface area contributed by atoms with E-state index in [1.54, 1.807) is 7.11 Å². The first-order chi connectivity index (χ1) is 12.1. The summed E-state index contributed by atoms with van der Waals surface area (Å²) in [6.07, 6.45) is 5.03. The van der Waals surface area contributed by atoms with Crippen LogP contribution in [0.1, 0.15) is 38.2 Å². The highest BCUT2D eigenvalue weighted by Gasteiger charge is 2.36. The Morgan fingerprint density at radius 2 is 1.96 bits per heavy atom. The Kier molecular flexibility index (Phi) is 7.56. The van der Waals surface area contributed by atoms with Gasteiger partial charge in [-0.2, -0.15) is 0 Å². The van der Waals surface area contributed by atoms with E-state index < -0.39 is 0 Å². The molecule has 0 aliphatic heterocycles. The van der Waals surface area contributed by atoms with Crippen molar-refractivity contribution in [3.8, 4) is 5.75 Å². The maximum atomic E-state index is 5.93. The third-order valence-electron chi connectivity index (χ3n) is 5.02. The molecule has 25 heavy (non-hydrogen) atoms. The second-order valence-corrected chi connectivity index (χ2v) is 7.14. The van der Waals surface area contributed by atoms with Gasteiger partial charge >= 0.3 is 0 Å². The van der Waals surface area contributed by atoms with Crippen molar-refractivity contribution in [3.63, 3.8) is 0 Å². The number of ether oxygens (including phenoxy) is 2. The maximum absolute atomic E-state index is 5.93. The van der Waals surface area contributed by atoms with Gasteiger partial charge in [0, 0.05) is 27.3 Å². The van der Waals surface area contributed by atoms with Crippen LogP contribution in [0, 0.1) is 12.3 Å². The van der Waals surface area contributed by atoms with E-state index in [0.29, 0.717) is 12.0 Å². The van der Waals surface area contributed by atoms with Crippen LogP contribution in [0.2, 0.25) is 0 Å². The summed E-state index contributed by atoms with van der Waals surface area (Å²) in [7, 11) is 3.58. The van der Waals surface area contributed by atoms with Gasteiger partial charge in [-0.05, 0) is 50.7 Å². The van der Waals surface area contributed by atoms with Crippen LogP contribution in [0.4, 0.5) is 0 Å². The van der Waals surface area contributed by atoms with Crippen molar-refractivity contribution in [2.24, 2.45) is 10.4 Å². The third-order valence-corrected chi connectivity index (χ3v) is 5.02. The van der Waals surface area contributed by atoms with Crippen molar-refractivity contribution < 1.29 is 9.47 Å². The summed E-state index contributed by atoms with van der Waals surface area (Å²) in [6.45, 7) is 6.62. The van der Waals surface area contributed by atoms with Gasteiger partial charge in [0.25, 0.3) is 0 Å². The van der Waals surface area contributed by atoms with Crippen LogP contribution in [0.25, 0.3) is 0 Å². The normalized spacial score (nSPS) is 17.5. The molecule has 0 saturated heterocycles. The topological polar surface area (TPSA) is 54.9 Å². The first kappa shape index (κ1) is 19.6. The molecular weight excluding hydrogens is 314 g/mol. The lowest BCUT2D eigenvalue weighted by Gasteiger charge is -2.42. The van der Waals surface area contributed by atoms with Crippen molar-refractivity contribution in [2.75, 3.05) is 33.9 Å². The van der Waals surface area contributed by atoms with Crippen LogP contribution in [0.5, 0.6) is 5.75 Å². The minimum Gasteiger partial charge on any atom is -0.489 e. The highest BCUT2D eigenvalue weighted by Crippen LogP contribution is 2.43. The molecule has 2 N–H and O–H groups in total. The molecule has 1 aliphatic rings. The summed E-state index contributed by atoms with van der Waals surface area (Å²) < 4.78 is 11.2. The highest BCUT2D eigenvalue weighted by atomic mass is 16.5. The lowest BCUT2D eigenvalue weighted by Crippen LogP contribution is -2.48. The van der Waals surface area contributed by atoms with Gasteiger partial charge in [-0.15, -0.1) is 0 Å². The molecule has 1 aliphatic carbocycles. The van der Waals surface area contributed by atoms with Crippen LogP contribution in [0.15, 0.2) is 29.3 Å². The zero-order valence-corrected chi connectivity index (χ0v) is 16.1. The number of nitrogens with zero attached hydrogens (tertiary/aromatic N) is 1. The molecule has 140 valence electrons. The van der Waals surface area contributed by atoms with Crippen LogP contribution < -0.4 is 15.4 Å². The van der Waals surface area contributed by atoms with Gasteiger partial charge in [0.15, 0.2) is 5.96 Å². The van der Waals surface area contributed by atoms with Crippen molar-refractivity contribution in [3.05, 3.63) is 29.8 Å². The summed E-state index contributed by atoms with van der Waals surface area (Å²) in [5.41, 5.74) is 1.61. The molecule has 1 fully saturated rings. The molecule has 0 heterocycles. The fraction of sp³-hybridized carbons (Fsp3) is 0.650. The van der Waals surface area contributed by atoms with Gasteiger partial charge in [-0.3, -0.25) is 4.99 Å². The fourth-order valence-corrected chi connectivity index (χ4v) is 3.13. The van der Waals surface area contributed by atoms with Gasteiger partial charge in [0.2, 0.25) is 0 Å². The molecule has 1 unspecified atom stereocenters. The van der Waals surface area contributed by atoms with E-state index in [1.807, 2.05) is 19.2 Å². The Bertz CT molecular complexity index is 538. The molecule has 1 saturated carbocycles. The fourth-order valence-electron chi connectivity index (χ4n) is 3.13. The summed E-state index contributed by atoms with van der Waals surface area (Å²) >= 11 is 0. The van der Waals surface area contributed by atoms with Crippen LogP contribution in [-0.2, 0) is 4.74 Å². The molecule has 1 aromatic rings. The maximum Gasteiger partial charge on any atom is 0.191 e. The largest absolute Gasteiger partial charge is 0.489 e. The monoisotopic (exact) mass is 347 g/mol. The lowest BCUT2D eigenvalue weighted by molar-refractivity contribution is 0.0732.